The molecule has 0 saturated heterocycles. The fourth-order valence-electron chi connectivity index (χ4n) is 3.04. The van der Waals surface area contributed by atoms with Crippen LogP contribution >= 0.6 is 0 Å². The highest BCUT2D eigenvalue weighted by molar-refractivity contribution is 6.02. The smallest absolute Gasteiger partial charge is 0.351 e. The SMILES string of the molecule is CCCNC(=O)c1nn(CC)cc1NC(=O)CCn1nc(C(F)(F)F)cc1C1CC1. The second-order valence-corrected chi connectivity index (χ2v) is 7.25. The summed E-state index contributed by atoms with van der Waals surface area (Å²) in [6.45, 7) is 4.79. The molecule has 2 heterocycles. The lowest BCUT2D eigenvalue weighted by molar-refractivity contribution is -0.141. The molecule has 0 aromatic carbocycles. The fourth-order valence-corrected chi connectivity index (χ4v) is 3.04. The molecule has 0 atom stereocenters. The number of carbonyl (C=O) groups excluding carboxylic acids is 2. The number of nitrogens with zero attached hydrogens (tertiary/aromatic N) is 4. The van der Waals surface area contributed by atoms with E-state index in [0.717, 1.165) is 25.3 Å². The Hall–Kier alpha value is -2.85. The van der Waals surface area contributed by atoms with Gasteiger partial charge in [0.15, 0.2) is 11.4 Å². The topological polar surface area (TPSA) is 93.8 Å². The molecule has 0 aliphatic heterocycles. The Morgan fingerprint density at radius 3 is 2.57 bits per heavy atom. The van der Waals surface area contributed by atoms with Crippen LogP contribution in [0.15, 0.2) is 12.3 Å². The van der Waals surface area contributed by atoms with E-state index in [1.165, 1.54) is 9.36 Å². The Morgan fingerprint density at radius 1 is 1.23 bits per heavy atom. The van der Waals surface area contributed by atoms with Crippen LogP contribution in [-0.2, 0) is 24.1 Å². The van der Waals surface area contributed by atoms with Gasteiger partial charge in [0, 0.05) is 43.9 Å². The van der Waals surface area contributed by atoms with Gasteiger partial charge in [0.25, 0.3) is 5.91 Å². The van der Waals surface area contributed by atoms with E-state index in [2.05, 4.69) is 20.8 Å². The Kier molecular flexibility index (Phi) is 6.47. The third-order valence-corrected chi connectivity index (χ3v) is 4.76. The minimum atomic E-state index is -4.52. The number of hydrogen-bond donors (Lipinski definition) is 2. The molecule has 30 heavy (non-hydrogen) atoms. The summed E-state index contributed by atoms with van der Waals surface area (Å²) in [5, 5.41) is 13.2. The van der Waals surface area contributed by atoms with Crippen molar-refractivity contribution in [3.63, 3.8) is 0 Å². The first-order valence-electron chi connectivity index (χ1n) is 10.0. The number of aromatic nitrogens is 4. The van der Waals surface area contributed by atoms with Crippen molar-refractivity contribution in [1.82, 2.24) is 24.9 Å². The van der Waals surface area contributed by atoms with Crippen LogP contribution in [0, 0.1) is 0 Å². The average Bonchev–Trinajstić information content (AvgIpc) is 3.30. The van der Waals surface area contributed by atoms with Gasteiger partial charge in [0.1, 0.15) is 0 Å². The van der Waals surface area contributed by atoms with Gasteiger partial charge in [-0.25, -0.2) is 0 Å². The van der Waals surface area contributed by atoms with E-state index in [9.17, 15) is 22.8 Å². The molecule has 1 fully saturated rings. The van der Waals surface area contributed by atoms with E-state index in [1.54, 1.807) is 6.20 Å². The van der Waals surface area contributed by atoms with Crippen molar-refractivity contribution in [2.24, 2.45) is 0 Å². The summed E-state index contributed by atoms with van der Waals surface area (Å²) in [6, 6.07) is 1.07. The summed E-state index contributed by atoms with van der Waals surface area (Å²) in [5.74, 6) is -0.758. The number of halogens is 3. The Labute approximate surface area is 171 Å². The third kappa shape index (κ3) is 5.19. The molecule has 11 heteroatoms. The first kappa shape index (κ1) is 21.8. The van der Waals surface area contributed by atoms with Crippen molar-refractivity contribution in [2.45, 2.75) is 64.7 Å². The Morgan fingerprint density at radius 2 is 1.97 bits per heavy atom. The lowest BCUT2D eigenvalue weighted by Crippen LogP contribution is -2.26. The number of carbonyl (C=O) groups is 2. The molecule has 2 amide bonds. The summed E-state index contributed by atoms with van der Waals surface area (Å²) in [6.07, 6.45) is -0.638. The van der Waals surface area contributed by atoms with Crippen molar-refractivity contribution in [2.75, 3.05) is 11.9 Å². The van der Waals surface area contributed by atoms with Gasteiger partial charge < -0.3 is 10.6 Å². The molecular formula is C19H25F3N6O2. The minimum absolute atomic E-state index is 0.0209. The van der Waals surface area contributed by atoms with Crippen LogP contribution in [-0.4, -0.2) is 37.9 Å². The zero-order chi connectivity index (χ0) is 21.9. The third-order valence-electron chi connectivity index (χ3n) is 4.76. The first-order chi connectivity index (χ1) is 14.2. The summed E-state index contributed by atoms with van der Waals surface area (Å²) in [4.78, 5) is 24.7. The highest BCUT2D eigenvalue weighted by Gasteiger charge is 2.37. The number of anilines is 1. The molecule has 0 bridgehead atoms. The second kappa shape index (κ2) is 8.88. The van der Waals surface area contributed by atoms with Crippen LogP contribution in [0.4, 0.5) is 18.9 Å². The minimum Gasteiger partial charge on any atom is -0.351 e. The largest absolute Gasteiger partial charge is 0.435 e. The molecule has 2 aromatic rings. The number of hydrogen-bond acceptors (Lipinski definition) is 4. The van der Waals surface area contributed by atoms with Gasteiger partial charge >= 0.3 is 6.18 Å². The second-order valence-electron chi connectivity index (χ2n) is 7.25. The maximum Gasteiger partial charge on any atom is 0.435 e. The lowest BCUT2D eigenvalue weighted by atomic mass is 10.2. The van der Waals surface area contributed by atoms with Crippen LogP contribution in [0.2, 0.25) is 0 Å². The van der Waals surface area contributed by atoms with Crippen LogP contribution < -0.4 is 10.6 Å². The zero-order valence-electron chi connectivity index (χ0n) is 16.9. The predicted octanol–water partition coefficient (Wildman–Crippen LogP) is 3.16. The molecule has 164 valence electrons. The molecule has 1 aliphatic carbocycles. The van der Waals surface area contributed by atoms with Crippen molar-refractivity contribution in [3.05, 3.63) is 29.3 Å². The number of nitrogens with one attached hydrogen (secondary N) is 2. The highest BCUT2D eigenvalue weighted by Crippen LogP contribution is 2.42. The first-order valence-corrected chi connectivity index (χ1v) is 10.0. The van der Waals surface area contributed by atoms with Gasteiger partial charge in [-0.05, 0) is 32.3 Å². The van der Waals surface area contributed by atoms with Gasteiger partial charge in [-0.1, -0.05) is 6.92 Å². The zero-order valence-corrected chi connectivity index (χ0v) is 16.9. The van der Waals surface area contributed by atoms with Crippen LogP contribution in [0.5, 0.6) is 0 Å². The monoisotopic (exact) mass is 426 g/mol. The molecule has 8 nitrogen and oxygen atoms in total. The standard InChI is InChI=1S/C19H25F3N6O2/c1-3-8-23-18(30)17-13(11-27(4-2)26-17)24-16(29)7-9-28-14(12-5-6-12)10-15(25-28)19(20,21)22/h10-12H,3-9H2,1-2H3,(H,23,30)(H,24,29). The molecule has 2 N–H and O–H groups in total. The number of rotatable bonds is 9. The van der Waals surface area contributed by atoms with Crippen LogP contribution in [0.3, 0.4) is 0 Å². The van der Waals surface area contributed by atoms with Gasteiger partial charge in [0.05, 0.1) is 5.69 Å². The van der Waals surface area contributed by atoms with Crippen molar-refractivity contribution >= 4 is 17.5 Å². The fraction of sp³-hybridized carbons (Fsp3) is 0.579. The lowest BCUT2D eigenvalue weighted by Gasteiger charge is -2.08. The van der Waals surface area contributed by atoms with Crippen LogP contribution in [0.25, 0.3) is 0 Å². The van der Waals surface area contributed by atoms with Crippen molar-refractivity contribution in [3.8, 4) is 0 Å². The van der Waals surface area contributed by atoms with E-state index in [-0.39, 0.29) is 30.3 Å². The molecule has 0 spiro atoms. The van der Waals surface area contributed by atoms with Gasteiger partial charge in [-0.15, -0.1) is 0 Å². The quantitative estimate of drug-likeness (QED) is 0.644. The summed E-state index contributed by atoms with van der Waals surface area (Å²) >= 11 is 0. The van der Waals surface area contributed by atoms with E-state index in [1.807, 2.05) is 13.8 Å². The molecule has 2 aromatic heterocycles. The highest BCUT2D eigenvalue weighted by atomic mass is 19.4. The molecule has 1 aliphatic rings. The summed E-state index contributed by atoms with van der Waals surface area (Å²) in [5.41, 5.74) is -0.0532. The molecular weight excluding hydrogens is 401 g/mol. The van der Waals surface area contributed by atoms with E-state index < -0.39 is 23.7 Å². The molecule has 1 saturated carbocycles. The number of alkyl halides is 3. The summed E-state index contributed by atoms with van der Waals surface area (Å²) < 4.78 is 41.8. The Bertz CT molecular complexity index is 914. The maximum atomic E-state index is 13.0. The van der Waals surface area contributed by atoms with E-state index in [0.29, 0.717) is 18.8 Å². The van der Waals surface area contributed by atoms with Crippen LogP contribution in [0.1, 0.15) is 67.3 Å². The van der Waals surface area contributed by atoms with Crippen molar-refractivity contribution in [1.29, 1.82) is 0 Å². The summed E-state index contributed by atoms with van der Waals surface area (Å²) in [7, 11) is 0. The average molecular weight is 426 g/mol. The molecule has 0 unspecified atom stereocenters. The molecule has 0 radical (unpaired) electrons. The van der Waals surface area contributed by atoms with Gasteiger partial charge in [-0.2, -0.15) is 23.4 Å². The molecule has 3 rings (SSSR count). The number of aryl methyl sites for hydroxylation is 2. The van der Waals surface area contributed by atoms with E-state index in [4.69, 9.17) is 0 Å². The van der Waals surface area contributed by atoms with Crippen molar-refractivity contribution < 1.29 is 22.8 Å². The maximum absolute atomic E-state index is 13.0. The van der Waals surface area contributed by atoms with E-state index >= 15 is 0 Å². The van der Waals surface area contributed by atoms with Gasteiger partial charge in [-0.3, -0.25) is 19.0 Å². The Balaban J connectivity index is 1.67. The van der Waals surface area contributed by atoms with Gasteiger partial charge in [0.2, 0.25) is 5.91 Å². The normalized spacial score (nSPS) is 14.0. The predicted molar refractivity (Wildman–Crippen MR) is 103 cm³/mol. The number of amides is 2.